The molecule has 1 aliphatic heterocycles. The van der Waals surface area contributed by atoms with E-state index in [4.69, 9.17) is 0 Å². The number of rotatable bonds is 0. The summed E-state index contributed by atoms with van der Waals surface area (Å²) in [6, 6.07) is 0. The lowest BCUT2D eigenvalue weighted by molar-refractivity contribution is -0.153. The molecule has 0 aromatic heterocycles. The minimum Gasteiger partial charge on any atom is -0.393 e. The fourth-order valence-corrected chi connectivity index (χ4v) is 3.12. The average Bonchev–Trinajstić information content (AvgIpc) is 2.31. The van der Waals surface area contributed by atoms with Gasteiger partial charge in [-0.1, -0.05) is 31.9 Å². The van der Waals surface area contributed by atoms with Crippen molar-refractivity contribution in [2.45, 2.75) is 22.5 Å². The predicted molar refractivity (Wildman–Crippen MR) is 52.7 cm³/mol. The van der Waals surface area contributed by atoms with Crippen molar-refractivity contribution in [3.63, 3.8) is 0 Å². The van der Waals surface area contributed by atoms with Crippen LogP contribution in [0.25, 0.3) is 0 Å². The molecule has 0 aromatic carbocycles. The molecule has 0 radical (unpaired) electrons. The molecule has 0 aromatic rings. The molecule has 1 saturated carbocycles. The summed E-state index contributed by atoms with van der Waals surface area (Å²) in [6.07, 6.45) is 1.37. The number of esters is 2. The molecule has 2 rings (SSSR count). The minimum absolute atomic E-state index is 0.217. The first-order valence-electron chi connectivity index (χ1n) is 4.13. The Morgan fingerprint density at radius 3 is 1.77 bits per heavy atom. The van der Waals surface area contributed by atoms with Crippen LogP contribution < -0.4 is 0 Å². The van der Waals surface area contributed by atoms with Crippen LogP contribution in [0.1, 0.15) is 12.8 Å². The number of halogens is 2. The van der Waals surface area contributed by atoms with Crippen molar-refractivity contribution < 1.29 is 14.3 Å². The third-order valence-electron chi connectivity index (χ3n) is 2.64. The van der Waals surface area contributed by atoms with Crippen LogP contribution in [0.2, 0.25) is 0 Å². The topological polar surface area (TPSA) is 43.4 Å². The normalized spacial score (nSPS) is 44.5. The van der Waals surface area contributed by atoms with Crippen LogP contribution >= 0.6 is 31.9 Å². The van der Waals surface area contributed by atoms with E-state index < -0.39 is 0 Å². The van der Waals surface area contributed by atoms with Crippen molar-refractivity contribution in [2.24, 2.45) is 11.8 Å². The van der Waals surface area contributed by atoms with Crippen molar-refractivity contribution in [1.29, 1.82) is 0 Å². The van der Waals surface area contributed by atoms with Gasteiger partial charge in [0.2, 0.25) is 0 Å². The summed E-state index contributed by atoms with van der Waals surface area (Å²) in [5.41, 5.74) is 0. The molecule has 13 heavy (non-hydrogen) atoms. The first-order chi connectivity index (χ1) is 6.09. The Balaban J connectivity index is 2.19. The maximum atomic E-state index is 11.2. The highest BCUT2D eigenvalue weighted by Gasteiger charge is 2.49. The highest BCUT2D eigenvalue weighted by Crippen LogP contribution is 2.41. The standard InChI is InChI=1S/C8H8Br2O3/c9-5-1-3-4(2-6(5)10)8(12)13-7(3)11/h3-6H,1-2H2. The van der Waals surface area contributed by atoms with E-state index in [1.807, 2.05) is 0 Å². The molecule has 4 atom stereocenters. The van der Waals surface area contributed by atoms with Gasteiger partial charge >= 0.3 is 11.9 Å². The van der Waals surface area contributed by atoms with Gasteiger partial charge in [0.25, 0.3) is 0 Å². The Morgan fingerprint density at radius 1 is 1.00 bits per heavy atom. The van der Waals surface area contributed by atoms with Crippen LogP contribution in [0.15, 0.2) is 0 Å². The van der Waals surface area contributed by atoms with Crippen LogP contribution in [0.3, 0.4) is 0 Å². The molecule has 72 valence electrons. The summed E-state index contributed by atoms with van der Waals surface area (Å²) in [5, 5.41) is 0. The van der Waals surface area contributed by atoms with Crippen molar-refractivity contribution in [2.75, 3.05) is 0 Å². The maximum Gasteiger partial charge on any atom is 0.317 e. The SMILES string of the molecule is O=C1OC(=O)C2CC(Br)C(Br)CC12. The molecule has 1 saturated heterocycles. The monoisotopic (exact) mass is 310 g/mol. The number of cyclic esters (lactones) is 2. The third-order valence-corrected chi connectivity index (χ3v) is 5.38. The number of hydrogen-bond acceptors (Lipinski definition) is 3. The van der Waals surface area contributed by atoms with E-state index in [0.717, 1.165) is 0 Å². The first kappa shape index (κ1) is 9.65. The third kappa shape index (κ3) is 1.56. The van der Waals surface area contributed by atoms with E-state index in [-0.39, 0.29) is 33.4 Å². The molecular weight excluding hydrogens is 304 g/mol. The number of ether oxygens (including phenoxy) is 1. The highest BCUT2D eigenvalue weighted by molar-refractivity contribution is 9.12. The van der Waals surface area contributed by atoms with Gasteiger partial charge in [0.05, 0.1) is 11.8 Å². The molecule has 0 bridgehead atoms. The summed E-state index contributed by atoms with van der Waals surface area (Å²) in [4.78, 5) is 22.9. The van der Waals surface area contributed by atoms with Crippen LogP contribution in [0.5, 0.6) is 0 Å². The Labute approximate surface area is 92.5 Å². The number of alkyl halides is 2. The van der Waals surface area contributed by atoms with Gasteiger partial charge in [-0.25, -0.2) is 0 Å². The van der Waals surface area contributed by atoms with Crippen molar-refractivity contribution in [3.05, 3.63) is 0 Å². The number of carbonyl (C=O) groups excluding carboxylic acids is 2. The van der Waals surface area contributed by atoms with Gasteiger partial charge in [0, 0.05) is 9.65 Å². The van der Waals surface area contributed by atoms with E-state index in [1.165, 1.54) is 0 Å². The van der Waals surface area contributed by atoms with Crippen LogP contribution in [-0.4, -0.2) is 21.6 Å². The molecule has 2 fully saturated rings. The van der Waals surface area contributed by atoms with Gasteiger partial charge in [-0.15, -0.1) is 0 Å². The molecule has 2 aliphatic rings. The lowest BCUT2D eigenvalue weighted by atomic mass is 9.81. The predicted octanol–water partition coefficient (Wildman–Crippen LogP) is 1.62. The molecule has 3 nitrogen and oxygen atoms in total. The smallest absolute Gasteiger partial charge is 0.317 e. The van der Waals surface area contributed by atoms with Gasteiger partial charge in [-0.2, -0.15) is 0 Å². The Bertz CT molecular complexity index is 240. The fourth-order valence-electron chi connectivity index (χ4n) is 1.88. The van der Waals surface area contributed by atoms with Crippen LogP contribution in [0.4, 0.5) is 0 Å². The number of carbonyl (C=O) groups is 2. The van der Waals surface area contributed by atoms with Gasteiger partial charge < -0.3 is 4.74 Å². The molecule has 1 aliphatic carbocycles. The molecular formula is C8H8Br2O3. The molecule has 0 N–H and O–H groups in total. The van der Waals surface area contributed by atoms with Gasteiger partial charge in [0.1, 0.15) is 0 Å². The van der Waals surface area contributed by atoms with Gasteiger partial charge in [-0.3, -0.25) is 9.59 Å². The first-order valence-corrected chi connectivity index (χ1v) is 5.96. The number of hydrogen-bond donors (Lipinski definition) is 0. The Kier molecular flexibility index (Phi) is 2.49. The largest absolute Gasteiger partial charge is 0.393 e. The second-order valence-corrected chi connectivity index (χ2v) is 5.81. The molecule has 4 unspecified atom stereocenters. The van der Waals surface area contributed by atoms with Crippen molar-refractivity contribution in [3.8, 4) is 0 Å². The fraction of sp³-hybridized carbons (Fsp3) is 0.750. The lowest BCUT2D eigenvalue weighted by Gasteiger charge is -2.28. The van der Waals surface area contributed by atoms with E-state index >= 15 is 0 Å². The zero-order valence-electron chi connectivity index (χ0n) is 6.70. The maximum absolute atomic E-state index is 11.2. The Hall–Kier alpha value is 0.1000. The van der Waals surface area contributed by atoms with E-state index in [2.05, 4.69) is 36.6 Å². The Morgan fingerprint density at radius 2 is 1.38 bits per heavy atom. The zero-order valence-corrected chi connectivity index (χ0v) is 9.88. The van der Waals surface area contributed by atoms with Gasteiger partial charge in [-0.05, 0) is 12.8 Å². The second-order valence-electron chi connectivity index (χ2n) is 3.46. The summed E-state index contributed by atoms with van der Waals surface area (Å²) >= 11 is 6.94. The molecule has 1 heterocycles. The lowest BCUT2D eigenvalue weighted by Crippen LogP contribution is -2.34. The quantitative estimate of drug-likeness (QED) is 0.388. The summed E-state index contributed by atoms with van der Waals surface area (Å²) in [6.45, 7) is 0. The van der Waals surface area contributed by atoms with Crippen LogP contribution in [-0.2, 0) is 14.3 Å². The molecule has 0 spiro atoms. The number of fused-ring (bicyclic) bond motifs is 1. The highest BCUT2D eigenvalue weighted by atomic mass is 79.9. The van der Waals surface area contributed by atoms with E-state index in [0.29, 0.717) is 12.8 Å². The summed E-state index contributed by atoms with van der Waals surface area (Å²) in [5.74, 6) is -1.13. The second kappa shape index (κ2) is 3.35. The van der Waals surface area contributed by atoms with E-state index in [9.17, 15) is 9.59 Å². The summed E-state index contributed by atoms with van der Waals surface area (Å²) < 4.78 is 4.59. The van der Waals surface area contributed by atoms with Crippen LogP contribution in [0, 0.1) is 11.8 Å². The average molecular weight is 312 g/mol. The molecule has 5 heteroatoms. The zero-order chi connectivity index (χ0) is 9.59. The minimum atomic E-state index is -0.348. The molecule has 0 amide bonds. The van der Waals surface area contributed by atoms with Crippen molar-refractivity contribution in [1.82, 2.24) is 0 Å². The van der Waals surface area contributed by atoms with E-state index in [1.54, 1.807) is 0 Å². The van der Waals surface area contributed by atoms with Crippen molar-refractivity contribution >= 4 is 43.8 Å². The summed E-state index contributed by atoms with van der Waals surface area (Å²) in [7, 11) is 0. The van der Waals surface area contributed by atoms with Gasteiger partial charge in [0.15, 0.2) is 0 Å².